The highest BCUT2D eigenvalue weighted by Gasteiger charge is 2.71. The topological polar surface area (TPSA) is 55.6 Å². The van der Waals surface area contributed by atoms with Crippen LogP contribution in [0.4, 0.5) is 0 Å². The van der Waals surface area contributed by atoms with Crippen molar-refractivity contribution in [2.24, 2.45) is 23.0 Å². The summed E-state index contributed by atoms with van der Waals surface area (Å²) in [5.74, 6) is 1.17. The zero-order chi connectivity index (χ0) is 14.5. The molecule has 2 aliphatic heterocycles. The Labute approximate surface area is 122 Å². The van der Waals surface area contributed by atoms with Crippen LogP contribution in [0.3, 0.4) is 0 Å². The summed E-state index contributed by atoms with van der Waals surface area (Å²) in [6, 6.07) is 0. The summed E-state index contributed by atoms with van der Waals surface area (Å²) in [7, 11) is 0. The molecule has 3 fully saturated rings. The third-order valence-corrected chi connectivity index (χ3v) is 6.29. The molecule has 4 heteroatoms. The number of ether oxygens (including phenoxy) is 1. The average Bonchev–Trinajstić information content (AvgIpc) is 2.94. The van der Waals surface area contributed by atoms with E-state index < -0.39 is 5.54 Å². The summed E-state index contributed by atoms with van der Waals surface area (Å²) in [4.78, 5) is 15.0. The van der Waals surface area contributed by atoms with Crippen LogP contribution in [-0.4, -0.2) is 42.1 Å². The van der Waals surface area contributed by atoms with Gasteiger partial charge >= 0.3 is 0 Å². The maximum atomic E-state index is 13.0. The van der Waals surface area contributed by atoms with Crippen LogP contribution in [0.5, 0.6) is 0 Å². The first-order valence-corrected chi connectivity index (χ1v) is 8.12. The number of carbonyl (C=O) groups is 1. The molecule has 0 bridgehead atoms. The molecular formula is C16H28N2O2. The molecule has 3 rings (SSSR count). The van der Waals surface area contributed by atoms with Gasteiger partial charge in [-0.25, -0.2) is 0 Å². The normalized spacial score (nSPS) is 40.3. The summed E-state index contributed by atoms with van der Waals surface area (Å²) in [6.45, 7) is 8.94. The number of nitrogens with two attached hydrogens (primary N) is 1. The lowest BCUT2D eigenvalue weighted by molar-refractivity contribution is -0.185. The van der Waals surface area contributed by atoms with Gasteiger partial charge in [0.25, 0.3) is 0 Å². The summed E-state index contributed by atoms with van der Waals surface area (Å²) in [6.07, 6.45) is 4.58. The molecule has 20 heavy (non-hydrogen) atoms. The second kappa shape index (κ2) is 4.70. The molecule has 114 valence electrons. The van der Waals surface area contributed by atoms with E-state index in [1.54, 1.807) is 0 Å². The van der Waals surface area contributed by atoms with Gasteiger partial charge in [0.1, 0.15) is 5.54 Å². The summed E-state index contributed by atoms with van der Waals surface area (Å²) in [5.41, 5.74) is 5.68. The van der Waals surface area contributed by atoms with Gasteiger partial charge in [0.05, 0.1) is 6.10 Å². The van der Waals surface area contributed by atoms with E-state index in [4.69, 9.17) is 10.5 Å². The van der Waals surface area contributed by atoms with Gasteiger partial charge in [-0.1, -0.05) is 27.2 Å². The van der Waals surface area contributed by atoms with Crippen molar-refractivity contribution in [3.8, 4) is 0 Å². The zero-order valence-electron chi connectivity index (χ0n) is 13.0. The maximum Gasteiger partial charge on any atom is 0.243 e. The molecule has 2 saturated heterocycles. The van der Waals surface area contributed by atoms with E-state index >= 15 is 0 Å². The maximum absolute atomic E-state index is 13.0. The van der Waals surface area contributed by atoms with E-state index in [9.17, 15) is 4.79 Å². The Hall–Kier alpha value is -0.610. The number of piperidine rings is 1. The third-order valence-electron chi connectivity index (χ3n) is 6.29. The predicted molar refractivity (Wildman–Crippen MR) is 78.1 cm³/mol. The number of likely N-dealkylation sites (tertiary alicyclic amines) is 1. The van der Waals surface area contributed by atoms with Gasteiger partial charge in [0.2, 0.25) is 5.91 Å². The molecule has 0 aromatic carbocycles. The van der Waals surface area contributed by atoms with Crippen LogP contribution >= 0.6 is 0 Å². The molecule has 2 heterocycles. The van der Waals surface area contributed by atoms with Gasteiger partial charge < -0.3 is 15.4 Å². The summed E-state index contributed by atoms with van der Waals surface area (Å²) >= 11 is 0. The highest BCUT2D eigenvalue weighted by molar-refractivity contribution is 5.89. The van der Waals surface area contributed by atoms with Gasteiger partial charge in [-0.15, -0.1) is 0 Å². The number of fused-ring (bicyclic) bond motifs is 1. The summed E-state index contributed by atoms with van der Waals surface area (Å²) in [5, 5.41) is 0. The number of hydrogen-bond donors (Lipinski definition) is 1. The smallest absolute Gasteiger partial charge is 0.243 e. The largest absolute Gasteiger partial charge is 0.377 e. The Kier molecular flexibility index (Phi) is 3.37. The average molecular weight is 280 g/mol. The van der Waals surface area contributed by atoms with Gasteiger partial charge in [-0.3, -0.25) is 4.79 Å². The van der Waals surface area contributed by atoms with Crippen LogP contribution in [0, 0.1) is 17.3 Å². The van der Waals surface area contributed by atoms with Crippen molar-refractivity contribution in [3.05, 3.63) is 0 Å². The molecule has 0 radical (unpaired) electrons. The SMILES string of the molecule is CCC1CCN(C(=O)C2(N)C3CCOC3C2(C)C)CC1. The minimum atomic E-state index is -0.715. The van der Waals surface area contributed by atoms with Crippen molar-refractivity contribution in [1.29, 1.82) is 0 Å². The van der Waals surface area contributed by atoms with E-state index in [1.807, 2.05) is 4.90 Å². The van der Waals surface area contributed by atoms with Crippen LogP contribution in [0.25, 0.3) is 0 Å². The second-order valence-corrected chi connectivity index (χ2v) is 7.42. The lowest BCUT2D eigenvalue weighted by Crippen LogP contribution is -2.80. The Morgan fingerprint density at radius 1 is 1.30 bits per heavy atom. The van der Waals surface area contributed by atoms with E-state index in [-0.39, 0.29) is 23.3 Å². The fourth-order valence-corrected chi connectivity index (χ4v) is 4.62. The third kappa shape index (κ3) is 1.70. The van der Waals surface area contributed by atoms with Crippen molar-refractivity contribution in [2.75, 3.05) is 19.7 Å². The number of amides is 1. The lowest BCUT2D eigenvalue weighted by Gasteiger charge is -2.62. The highest BCUT2D eigenvalue weighted by atomic mass is 16.5. The Balaban J connectivity index is 1.74. The van der Waals surface area contributed by atoms with Crippen molar-refractivity contribution in [3.63, 3.8) is 0 Å². The zero-order valence-corrected chi connectivity index (χ0v) is 13.0. The number of carbonyl (C=O) groups excluding carboxylic acids is 1. The van der Waals surface area contributed by atoms with Crippen molar-refractivity contribution >= 4 is 5.91 Å². The molecule has 3 unspecified atom stereocenters. The van der Waals surface area contributed by atoms with E-state index in [1.165, 1.54) is 6.42 Å². The van der Waals surface area contributed by atoms with Crippen LogP contribution in [0.15, 0.2) is 0 Å². The van der Waals surface area contributed by atoms with Crippen molar-refractivity contribution < 1.29 is 9.53 Å². The van der Waals surface area contributed by atoms with Gasteiger partial charge in [-0.2, -0.15) is 0 Å². The molecular weight excluding hydrogens is 252 g/mol. The monoisotopic (exact) mass is 280 g/mol. The lowest BCUT2D eigenvalue weighted by atomic mass is 9.47. The Bertz CT molecular complexity index is 401. The quantitative estimate of drug-likeness (QED) is 0.839. The fourth-order valence-electron chi connectivity index (χ4n) is 4.62. The van der Waals surface area contributed by atoms with Crippen LogP contribution in [-0.2, 0) is 9.53 Å². The van der Waals surface area contributed by atoms with Crippen LogP contribution in [0.2, 0.25) is 0 Å². The van der Waals surface area contributed by atoms with Gasteiger partial charge in [0.15, 0.2) is 0 Å². The van der Waals surface area contributed by atoms with E-state index in [2.05, 4.69) is 20.8 Å². The molecule has 1 saturated carbocycles. The van der Waals surface area contributed by atoms with Crippen molar-refractivity contribution in [2.45, 2.75) is 58.1 Å². The molecule has 1 aliphatic carbocycles. The minimum Gasteiger partial charge on any atom is -0.377 e. The first-order chi connectivity index (χ1) is 9.42. The molecule has 1 amide bonds. The van der Waals surface area contributed by atoms with Gasteiger partial charge in [-0.05, 0) is 25.2 Å². The fraction of sp³-hybridized carbons (Fsp3) is 0.938. The van der Waals surface area contributed by atoms with Crippen LogP contribution in [0.1, 0.15) is 46.5 Å². The molecule has 0 aromatic rings. The molecule has 3 atom stereocenters. The first-order valence-electron chi connectivity index (χ1n) is 8.12. The summed E-state index contributed by atoms with van der Waals surface area (Å²) < 4.78 is 5.78. The standard InChI is InChI=1S/C16H28N2O2/c1-4-11-5-8-18(9-6-11)14(19)16(17)12-7-10-20-13(12)15(16,2)3/h11-13H,4-10,17H2,1-3H3. The molecule has 2 N–H and O–H groups in total. The molecule has 0 spiro atoms. The van der Waals surface area contributed by atoms with Gasteiger partial charge in [0, 0.05) is 31.0 Å². The molecule has 3 aliphatic rings. The van der Waals surface area contributed by atoms with Crippen LogP contribution < -0.4 is 5.73 Å². The second-order valence-electron chi connectivity index (χ2n) is 7.42. The molecule has 4 nitrogen and oxygen atoms in total. The Morgan fingerprint density at radius 2 is 1.95 bits per heavy atom. The van der Waals surface area contributed by atoms with E-state index in [0.29, 0.717) is 0 Å². The number of hydrogen-bond acceptors (Lipinski definition) is 3. The minimum absolute atomic E-state index is 0.170. The van der Waals surface area contributed by atoms with E-state index in [0.717, 1.165) is 44.9 Å². The number of nitrogens with zero attached hydrogens (tertiary/aromatic N) is 1. The predicted octanol–water partition coefficient (Wildman–Crippen LogP) is 1.78. The highest BCUT2D eigenvalue weighted by Crippen LogP contribution is 2.58. The van der Waals surface area contributed by atoms with Crippen molar-refractivity contribution in [1.82, 2.24) is 4.90 Å². The molecule has 0 aromatic heterocycles. The number of rotatable bonds is 2. The first kappa shape index (κ1) is 14.3. The Morgan fingerprint density at radius 3 is 2.55 bits per heavy atom.